The number of aromatic amines is 1. The number of hydrogen-bond acceptors (Lipinski definition) is 2. The normalized spacial score (nSPS) is 12.4. The summed E-state index contributed by atoms with van der Waals surface area (Å²) >= 11 is 11.9. The molecule has 2 N–H and O–H groups in total. The second-order valence-corrected chi connectivity index (χ2v) is 5.61. The van der Waals surface area contributed by atoms with E-state index >= 15 is 0 Å². The molecule has 3 aromatic rings. The Hall–Kier alpha value is -1.88. The van der Waals surface area contributed by atoms with Gasteiger partial charge in [-0.3, -0.25) is 0 Å². The van der Waals surface area contributed by atoms with E-state index in [1.165, 1.54) is 18.2 Å². The van der Waals surface area contributed by atoms with Crippen molar-refractivity contribution >= 4 is 23.2 Å². The number of hydrogen-bond donors (Lipinski definition) is 2. The van der Waals surface area contributed by atoms with Gasteiger partial charge in [0.1, 0.15) is 17.7 Å². The van der Waals surface area contributed by atoms with Crippen molar-refractivity contribution in [2.75, 3.05) is 0 Å². The summed E-state index contributed by atoms with van der Waals surface area (Å²) in [6.45, 7) is 0. The minimum atomic E-state index is -1.11. The van der Waals surface area contributed by atoms with Crippen LogP contribution in [0.15, 0.2) is 48.7 Å². The molecular weight excluding hydrogens is 326 g/mol. The van der Waals surface area contributed by atoms with E-state index in [9.17, 15) is 9.50 Å². The van der Waals surface area contributed by atoms with Crippen LogP contribution in [-0.4, -0.2) is 15.1 Å². The molecule has 2 aromatic carbocycles. The largest absolute Gasteiger partial charge is 0.380 e. The van der Waals surface area contributed by atoms with Crippen LogP contribution in [0.5, 0.6) is 0 Å². The van der Waals surface area contributed by atoms with Gasteiger partial charge < -0.3 is 10.1 Å². The maximum Gasteiger partial charge on any atom is 0.140 e. The van der Waals surface area contributed by atoms with E-state index in [4.69, 9.17) is 23.2 Å². The highest BCUT2D eigenvalue weighted by Gasteiger charge is 2.17. The van der Waals surface area contributed by atoms with Gasteiger partial charge in [0.25, 0.3) is 0 Å². The van der Waals surface area contributed by atoms with Crippen LogP contribution in [0.4, 0.5) is 4.39 Å². The number of imidazole rings is 1. The molecule has 1 atom stereocenters. The van der Waals surface area contributed by atoms with Crippen molar-refractivity contribution in [2.45, 2.75) is 6.10 Å². The molecule has 3 rings (SSSR count). The van der Waals surface area contributed by atoms with Crippen LogP contribution < -0.4 is 0 Å². The van der Waals surface area contributed by atoms with Gasteiger partial charge in [-0.05, 0) is 29.8 Å². The van der Waals surface area contributed by atoms with Gasteiger partial charge in [0.15, 0.2) is 0 Å². The summed E-state index contributed by atoms with van der Waals surface area (Å²) in [6, 6.07) is 11.2. The number of aromatic nitrogens is 2. The van der Waals surface area contributed by atoms with E-state index in [1.54, 1.807) is 12.3 Å². The Kier molecular flexibility index (Phi) is 4.16. The Morgan fingerprint density at radius 2 is 1.91 bits per heavy atom. The summed E-state index contributed by atoms with van der Waals surface area (Å²) in [6.07, 6.45) is 0.463. The molecule has 0 saturated heterocycles. The number of H-pyrrole nitrogens is 1. The molecule has 0 bridgehead atoms. The number of benzene rings is 2. The predicted molar refractivity (Wildman–Crippen MR) is 84.5 cm³/mol. The Balaban J connectivity index is 1.95. The minimum absolute atomic E-state index is 0.215. The van der Waals surface area contributed by atoms with E-state index in [1.807, 2.05) is 18.2 Å². The SMILES string of the molecule is OC(c1cc(F)cc(Cl)c1)c1ncc(-c2ccccc2Cl)[nH]1. The molecule has 22 heavy (non-hydrogen) atoms. The number of aliphatic hydroxyl groups excluding tert-OH is 1. The Labute approximate surface area is 136 Å². The fourth-order valence-electron chi connectivity index (χ4n) is 2.18. The molecule has 0 spiro atoms. The quantitative estimate of drug-likeness (QED) is 0.734. The van der Waals surface area contributed by atoms with E-state index in [0.29, 0.717) is 16.3 Å². The van der Waals surface area contributed by atoms with Gasteiger partial charge >= 0.3 is 0 Å². The van der Waals surface area contributed by atoms with Gasteiger partial charge in [-0.25, -0.2) is 9.37 Å². The second kappa shape index (κ2) is 6.08. The van der Waals surface area contributed by atoms with Gasteiger partial charge in [-0.1, -0.05) is 41.4 Å². The lowest BCUT2D eigenvalue weighted by atomic mass is 10.1. The highest BCUT2D eigenvalue weighted by molar-refractivity contribution is 6.33. The highest BCUT2D eigenvalue weighted by atomic mass is 35.5. The van der Waals surface area contributed by atoms with Crippen molar-refractivity contribution in [3.63, 3.8) is 0 Å². The second-order valence-electron chi connectivity index (χ2n) is 4.77. The van der Waals surface area contributed by atoms with Gasteiger partial charge in [-0.2, -0.15) is 0 Å². The smallest absolute Gasteiger partial charge is 0.140 e. The first-order valence-electron chi connectivity index (χ1n) is 6.48. The molecule has 0 aliphatic rings. The van der Waals surface area contributed by atoms with Crippen molar-refractivity contribution in [3.05, 3.63) is 75.9 Å². The molecule has 0 aliphatic heterocycles. The number of nitrogens with one attached hydrogen (secondary N) is 1. The first-order chi connectivity index (χ1) is 10.5. The Bertz CT molecular complexity index is 799. The minimum Gasteiger partial charge on any atom is -0.380 e. The molecule has 6 heteroatoms. The van der Waals surface area contributed by atoms with Crippen LogP contribution in [0.1, 0.15) is 17.5 Å². The van der Waals surface area contributed by atoms with E-state index in [-0.39, 0.29) is 10.8 Å². The van der Waals surface area contributed by atoms with Crippen LogP contribution >= 0.6 is 23.2 Å². The maximum atomic E-state index is 13.4. The molecule has 0 amide bonds. The average molecular weight is 337 g/mol. The average Bonchev–Trinajstić information content (AvgIpc) is 2.95. The third kappa shape index (κ3) is 2.99. The number of rotatable bonds is 3. The zero-order valence-corrected chi connectivity index (χ0v) is 12.7. The summed E-state index contributed by atoms with van der Waals surface area (Å²) in [7, 11) is 0. The fourth-order valence-corrected chi connectivity index (χ4v) is 2.65. The third-order valence-electron chi connectivity index (χ3n) is 3.22. The highest BCUT2D eigenvalue weighted by Crippen LogP contribution is 2.29. The van der Waals surface area contributed by atoms with Crippen molar-refractivity contribution in [1.29, 1.82) is 0 Å². The molecular formula is C16H11Cl2FN2O. The zero-order valence-electron chi connectivity index (χ0n) is 11.2. The number of halogens is 3. The molecule has 1 unspecified atom stereocenters. The van der Waals surface area contributed by atoms with E-state index in [2.05, 4.69) is 9.97 Å². The van der Waals surface area contributed by atoms with Crippen molar-refractivity contribution in [2.24, 2.45) is 0 Å². The lowest BCUT2D eigenvalue weighted by Gasteiger charge is -2.09. The molecule has 0 fully saturated rings. The lowest BCUT2D eigenvalue weighted by molar-refractivity contribution is 0.210. The zero-order chi connectivity index (χ0) is 15.7. The summed E-state index contributed by atoms with van der Waals surface area (Å²) in [5.74, 6) is -0.226. The Morgan fingerprint density at radius 1 is 1.14 bits per heavy atom. The third-order valence-corrected chi connectivity index (χ3v) is 3.77. The monoisotopic (exact) mass is 336 g/mol. The van der Waals surface area contributed by atoms with Gasteiger partial charge in [0.05, 0.1) is 11.9 Å². The summed E-state index contributed by atoms with van der Waals surface area (Å²) in [5, 5.41) is 11.1. The topological polar surface area (TPSA) is 48.9 Å². The van der Waals surface area contributed by atoms with Gasteiger partial charge in [0, 0.05) is 15.6 Å². The van der Waals surface area contributed by atoms with Crippen LogP contribution in [0, 0.1) is 5.82 Å². The van der Waals surface area contributed by atoms with Crippen molar-refractivity contribution < 1.29 is 9.50 Å². The summed E-state index contributed by atoms with van der Waals surface area (Å²) in [4.78, 5) is 7.14. The number of nitrogens with zero attached hydrogens (tertiary/aromatic N) is 1. The van der Waals surface area contributed by atoms with Crippen LogP contribution in [0.2, 0.25) is 10.0 Å². The summed E-state index contributed by atoms with van der Waals surface area (Å²) in [5.41, 5.74) is 1.76. The standard InChI is InChI=1S/C16H11Cl2FN2O/c17-10-5-9(6-11(19)7-10)15(22)16-20-8-14(21-16)12-3-1-2-4-13(12)18/h1-8,15,22H,(H,20,21). The predicted octanol–water partition coefficient (Wildman–Crippen LogP) is 4.60. The van der Waals surface area contributed by atoms with Crippen LogP contribution in [0.25, 0.3) is 11.3 Å². The molecule has 0 saturated carbocycles. The van der Waals surface area contributed by atoms with Gasteiger partial charge in [0.2, 0.25) is 0 Å². The molecule has 112 valence electrons. The lowest BCUT2D eigenvalue weighted by Crippen LogP contribution is -2.02. The van der Waals surface area contributed by atoms with Crippen LogP contribution in [0.3, 0.4) is 0 Å². The van der Waals surface area contributed by atoms with Gasteiger partial charge in [-0.15, -0.1) is 0 Å². The maximum absolute atomic E-state index is 13.4. The molecule has 1 heterocycles. The summed E-state index contributed by atoms with van der Waals surface area (Å²) < 4.78 is 13.4. The van der Waals surface area contributed by atoms with Crippen molar-refractivity contribution in [3.8, 4) is 11.3 Å². The van der Waals surface area contributed by atoms with E-state index in [0.717, 1.165) is 5.56 Å². The Morgan fingerprint density at radius 3 is 2.64 bits per heavy atom. The van der Waals surface area contributed by atoms with E-state index < -0.39 is 11.9 Å². The first kappa shape index (κ1) is 15.0. The molecule has 0 radical (unpaired) electrons. The van der Waals surface area contributed by atoms with Crippen LogP contribution in [-0.2, 0) is 0 Å². The fraction of sp³-hybridized carbons (Fsp3) is 0.0625. The molecule has 1 aromatic heterocycles. The van der Waals surface area contributed by atoms with Crippen molar-refractivity contribution in [1.82, 2.24) is 9.97 Å². The molecule has 3 nitrogen and oxygen atoms in total. The molecule has 0 aliphatic carbocycles. The number of aliphatic hydroxyl groups is 1. The first-order valence-corrected chi connectivity index (χ1v) is 7.24.